The molecule has 1 aromatic rings. The van der Waals surface area contributed by atoms with Crippen LogP contribution in [0.3, 0.4) is 0 Å². The molecule has 4 atom stereocenters. The summed E-state index contributed by atoms with van der Waals surface area (Å²) in [4.78, 5) is 36.3. The van der Waals surface area contributed by atoms with Gasteiger partial charge in [-0.2, -0.15) is 0 Å². The van der Waals surface area contributed by atoms with Crippen LogP contribution in [0.4, 0.5) is 0 Å². The average molecular weight is 540 g/mol. The molecule has 2 rings (SSSR count). The zero-order chi connectivity index (χ0) is 27.3. The van der Waals surface area contributed by atoms with E-state index in [1.807, 2.05) is 37.3 Å². The van der Waals surface area contributed by atoms with Crippen molar-refractivity contribution in [1.82, 2.24) is 5.32 Å². The zero-order valence-corrected chi connectivity index (χ0v) is 23.5. The Kier molecular flexibility index (Phi) is 13.9. The Balaban J connectivity index is 2.06. The number of hydrogen-bond acceptors (Lipinski definition) is 6. The number of aryl methyl sites for hydroxylation is 1. The first kappa shape index (κ1) is 31.5. The number of nitrogens with one attached hydrogen (secondary N) is 1. The van der Waals surface area contributed by atoms with Gasteiger partial charge in [0.25, 0.3) is 0 Å². The van der Waals surface area contributed by atoms with Crippen LogP contribution in [-0.2, 0) is 29.8 Å². The number of benzene rings is 1. The smallest absolute Gasteiger partial charge is 0.337 e. The van der Waals surface area contributed by atoms with E-state index in [1.165, 1.54) is 0 Å². The van der Waals surface area contributed by atoms with Crippen molar-refractivity contribution in [3.8, 4) is 0 Å². The summed E-state index contributed by atoms with van der Waals surface area (Å²) in [6, 6.07) is 8.83. The van der Waals surface area contributed by atoms with Crippen LogP contribution >= 0.6 is 7.60 Å². The molecular weight excluding hydrogens is 493 g/mol. The second-order valence-corrected chi connectivity index (χ2v) is 12.4. The highest BCUT2D eigenvalue weighted by Gasteiger charge is 2.35. The quantitative estimate of drug-likeness (QED) is 0.196. The Morgan fingerprint density at radius 3 is 2.41 bits per heavy atom. The van der Waals surface area contributed by atoms with Gasteiger partial charge in [0.2, 0.25) is 5.91 Å². The first-order valence-electron chi connectivity index (χ1n) is 13.8. The second kappa shape index (κ2) is 16.3. The summed E-state index contributed by atoms with van der Waals surface area (Å²) >= 11 is 0. The minimum Gasteiger partial charge on any atom is -0.461 e. The molecule has 0 bridgehead atoms. The Bertz CT molecular complexity index is 857. The van der Waals surface area contributed by atoms with Crippen molar-refractivity contribution >= 4 is 19.5 Å². The molecule has 8 nitrogen and oxygen atoms in total. The highest BCUT2D eigenvalue weighted by molar-refractivity contribution is 7.52. The van der Waals surface area contributed by atoms with Gasteiger partial charge in [-0.1, -0.05) is 82.2 Å². The molecular formula is C28H46NO7P. The van der Waals surface area contributed by atoms with Gasteiger partial charge in [0, 0.05) is 0 Å². The molecule has 1 aliphatic rings. The Morgan fingerprint density at radius 1 is 1.11 bits per heavy atom. The molecule has 0 saturated heterocycles. The number of unbranched alkanes of at least 4 members (excludes halogenated alkanes) is 1. The van der Waals surface area contributed by atoms with Crippen LogP contribution in [0.2, 0.25) is 0 Å². The third-order valence-corrected chi connectivity index (χ3v) is 8.23. The Morgan fingerprint density at radius 2 is 1.78 bits per heavy atom. The average Bonchev–Trinajstić information content (AvgIpc) is 2.86. The molecule has 0 heterocycles. The number of esters is 1. The molecule has 0 spiro atoms. The SMILES string of the molecule is CCCC[C@@H](OP(=O)(O)CCCc1ccccc1)C(=O)N[C@@H](CC1CCCCC1)[C@@H](O)C(=O)OC(C)C. The highest BCUT2D eigenvalue weighted by Crippen LogP contribution is 2.45. The van der Waals surface area contributed by atoms with Crippen LogP contribution in [0.15, 0.2) is 30.3 Å². The van der Waals surface area contributed by atoms with Crippen LogP contribution in [0, 0.1) is 5.92 Å². The lowest BCUT2D eigenvalue weighted by molar-refractivity contribution is -0.159. The summed E-state index contributed by atoms with van der Waals surface area (Å²) in [6.07, 6.45) is 5.35. The van der Waals surface area contributed by atoms with Crippen LogP contribution in [-0.4, -0.2) is 52.4 Å². The van der Waals surface area contributed by atoms with Gasteiger partial charge in [0.1, 0.15) is 6.10 Å². The number of aliphatic hydroxyl groups is 1. The maximum atomic E-state index is 13.3. The molecule has 1 aliphatic carbocycles. The van der Waals surface area contributed by atoms with Gasteiger partial charge >= 0.3 is 13.6 Å². The predicted octanol–water partition coefficient (Wildman–Crippen LogP) is 5.15. The van der Waals surface area contributed by atoms with E-state index in [9.17, 15) is 24.2 Å². The Hall–Kier alpha value is -1.73. The maximum absolute atomic E-state index is 13.3. The number of rotatable bonds is 16. The monoisotopic (exact) mass is 539 g/mol. The van der Waals surface area contributed by atoms with Gasteiger partial charge < -0.3 is 20.1 Å². The van der Waals surface area contributed by atoms with Gasteiger partial charge in [0.05, 0.1) is 18.3 Å². The van der Waals surface area contributed by atoms with Gasteiger partial charge in [-0.05, 0) is 51.0 Å². The van der Waals surface area contributed by atoms with Crippen molar-refractivity contribution in [3.63, 3.8) is 0 Å². The number of amides is 1. The minimum atomic E-state index is -4.03. The molecule has 1 unspecified atom stereocenters. The van der Waals surface area contributed by atoms with Crippen molar-refractivity contribution in [3.05, 3.63) is 35.9 Å². The molecule has 3 N–H and O–H groups in total. The lowest BCUT2D eigenvalue weighted by Crippen LogP contribution is -2.51. The van der Waals surface area contributed by atoms with Crippen LogP contribution in [0.5, 0.6) is 0 Å². The van der Waals surface area contributed by atoms with E-state index in [4.69, 9.17) is 9.26 Å². The fourth-order valence-corrected chi connectivity index (χ4v) is 6.05. The summed E-state index contributed by atoms with van der Waals surface area (Å²) < 4.78 is 23.6. The van der Waals surface area contributed by atoms with Crippen molar-refractivity contribution < 1.29 is 33.4 Å². The fourth-order valence-electron chi connectivity index (χ4n) is 4.79. The fraction of sp³-hybridized carbons (Fsp3) is 0.714. The third kappa shape index (κ3) is 12.1. The van der Waals surface area contributed by atoms with Crippen LogP contribution in [0.1, 0.15) is 90.5 Å². The summed E-state index contributed by atoms with van der Waals surface area (Å²) in [6.45, 7) is 5.36. The van der Waals surface area contributed by atoms with E-state index in [0.717, 1.165) is 44.1 Å². The van der Waals surface area contributed by atoms with E-state index < -0.39 is 43.8 Å². The topological polar surface area (TPSA) is 122 Å². The number of carbonyl (C=O) groups excluding carboxylic acids is 2. The van der Waals surface area contributed by atoms with Crippen LogP contribution in [0.25, 0.3) is 0 Å². The maximum Gasteiger partial charge on any atom is 0.337 e. The highest BCUT2D eigenvalue weighted by atomic mass is 31.2. The predicted molar refractivity (Wildman–Crippen MR) is 144 cm³/mol. The molecule has 1 amide bonds. The van der Waals surface area contributed by atoms with E-state index in [-0.39, 0.29) is 18.5 Å². The molecule has 0 aromatic heterocycles. The number of hydrogen-bond donors (Lipinski definition) is 3. The zero-order valence-electron chi connectivity index (χ0n) is 22.6. The van der Waals surface area contributed by atoms with E-state index >= 15 is 0 Å². The molecule has 37 heavy (non-hydrogen) atoms. The summed E-state index contributed by atoms with van der Waals surface area (Å²) in [5, 5.41) is 13.6. The largest absolute Gasteiger partial charge is 0.461 e. The van der Waals surface area contributed by atoms with E-state index in [0.29, 0.717) is 25.7 Å². The third-order valence-electron chi connectivity index (χ3n) is 6.77. The van der Waals surface area contributed by atoms with Crippen molar-refractivity contribution in [2.24, 2.45) is 5.92 Å². The van der Waals surface area contributed by atoms with Gasteiger partial charge in [-0.3, -0.25) is 13.9 Å². The first-order chi connectivity index (χ1) is 17.6. The van der Waals surface area contributed by atoms with Gasteiger partial charge in [-0.15, -0.1) is 0 Å². The molecule has 1 saturated carbocycles. The lowest BCUT2D eigenvalue weighted by Gasteiger charge is -2.31. The van der Waals surface area contributed by atoms with E-state index in [2.05, 4.69) is 5.32 Å². The summed E-state index contributed by atoms with van der Waals surface area (Å²) in [7, 11) is -4.03. The van der Waals surface area contributed by atoms with Crippen LogP contribution < -0.4 is 5.32 Å². The number of carbonyl (C=O) groups is 2. The Labute approximate surface area is 222 Å². The minimum absolute atomic E-state index is 0.0629. The van der Waals surface area contributed by atoms with Crippen molar-refractivity contribution in [2.75, 3.05) is 6.16 Å². The van der Waals surface area contributed by atoms with Crippen molar-refractivity contribution in [2.45, 2.75) is 116 Å². The molecule has 0 radical (unpaired) electrons. The number of aliphatic hydroxyl groups excluding tert-OH is 1. The molecule has 210 valence electrons. The lowest BCUT2D eigenvalue weighted by atomic mass is 9.83. The molecule has 1 fully saturated rings. The van der Waals surface area contributed by atoms with Gasteiger partial charge in [-0.25, -0.2) is 4.79 Å². The molecule has 0 aliphatic heterocycles. The first-order valence-corrected chi connectivity index (χ1v) is 15.6. The normalized spacial score (nSPS) is 18.5. The summed E-state index contributed by atoms with van der Waals surface area (Å²) in [5.41, 5.74) is 1.07. The molecule has 9 heteroatoms. The standard InChI is InChI=1S/C28H46NO7P/c1-4-5-18-25(36-37(33,34)19-12-17-22-13-8-6-9-14-22)27(31)29-24(20-23-15-10-7-11-16-23)26(30)28(32)35-21(2)3/h6,8-9,13-14,21,23-26,30H,4-5,7,10-12,15-20H2,1-3H3,(H,29,31)(H,33,34)/t24-,25+,26+/m0/s1. The second-order valence-electron chi connectivity index (χ2n) is 10.5. The van der Waals surface area contributed by atoms with Crippen molar-refractivity contribution in [1.29, 1.82) is 0 Å². The van der Waals surface area contributed by atoms with E-state index in [1.54, 1.807) is 13.8 Å². The van der Waals surface area contributed by atoms with Gasteiger partial charge in [0.15, 0.2) is 6.10 Å². The summed E-state index contributed by atoms with van der Waals surface area (Å²) in [5.74, 6) is -1.09. The number of ether oxygens (including phenoxy) is 1. The molecule has 1 aromatic carbocycles.